The van der Waals surface area contributed by atoms with Gasteiger partial charge in [0.1, 0.15) is 12.4 Å². The summed E-state index contributed by atoms with van der Waals surface area (Å²) in [5.41, 5.74) is 1.63. The highest BCUT2D eigenvalue weighted by Crippen LogP contribution is 2.16. The van der Waals surface area contributed by atoms with Crippen LogP contribution in [0.5, 0.6) is 0 Å². The maximum atomic E-state index is 12.0. The highest BCUT2D eigenvalue weighted by molar-refractivity contribution is 5.38. The minimum absolute atomic E-state index is 0.0546. The molecule has 0 fully saturated rings. The van der Waals surface area contributed by atoms with Crippen LogP contribution in [0.3, 0.4) is 0 Å². The van der Waals surface area contributed by atoms with E-state index in [9.17, 15) is 9.59 Å². The molecule has 2 aromatic carbocycles. The van der Waals surface area contributed by atoms with Crippen molar-refractivity contribution in [2.24, 2.45) is 0 Å². The third-order valence-corrected chi connectivity index (χ3v) is 4.32. The van der Waals surface area contributed by atoms with E-state index in [1.807, 2.05) is 67.6 Å². The van der Waals surface area contributed by atoms with Crippen LogP contribution in [0.25, 0.3) is 0 Å². The molecular weight excluding hydrogens is 342 g/mol. The fourth-order valence-corrected chi connectivity index (χ4v) is 2.73. The zero-order valence-corrected chi connectivity index (χ0v) is 15.2. The van der Waals surface area contributed by atoms with E-state index < -0.39 is 11.2 Å². The van der Waals surface area contributed by atoms with Crippen LogP contribution in [-0.4, -0.2) is 16.1 Å². The van der Waals surface area contributed by atoms with Gasteiger partial charge in [-0.15, -0.1) is 0 Å². The van der Waals surface area contributed by atoms with Gasteiger partial charge < -0.3 is 10.1 Å². The molecule has 3 aromatic rings. The molecule has 6 heteroatoms. The lowest BCUT2D eigenvalue weighted by atomic mass is 10.1. The molecule has 0 amide bonds. The second-order valence-corrected chi connectivity index (χ2v) is 6.28. The molecule has 3 rings (SSSR count). The van der Waals surface area contributed by atoms with Gasteiger partial charge in [-0.3, -0.25) is 14.3 Å². The molecule has 2 N–H and O–H groups in total. The van der Waals surface area contributed by atoms with Gasteiger partial charge in [-0.1, -0.05) is 60.7 Å². The van der Waals surface area contributed by atoms with E-state index in [4.69, 9.17) is 4.74 Å². The van der Waals surface area contributed by atoms with E-state index in [0.29, 0.717) is 12.2 Å². The van der Waals surface area contributed by atoms with Crippen LogP contribution in [0.4, 0.5) is 5.69 Å². The molecule has 1 atom stereocenters. The van der Waals surface area contributed by atoms with Crippen molar-refractivity contribution >= 4 is 5.69 Å². The molecular formula is C21H23N3O3. The predicted octanol–water partition coefficient (Wildman–Crippen LogP) is 2.93. The second kappa shape index (κ2) is 9.00. The second-order valence-electron chi connectivity index (χ2n) is 6.28. The van der Waals surface area contributed by atoms with Crippen LogP contribution in [-0.2, 0) is 17.9 Å². The minimum atomic E-state index is -0.492. The number of ether oxygens (including phenoxy) is 1. The molecule has 0 spiro atoms. The fraction of sp³-hybridized carbons (Fsp3) is 0.238. The number of hydrogen-bond donors (Lipinski definition) is 2. The Morgan fingerprint density at radius 1 is 1.04 bits per heavy atom. The minimum Gasteiger partial charge on any atom is -0.379 e. The molecule has 0 radical (unpaired) electrons. The van der Waals surface area contributed by atoms with E-state index in [-0.39, 0.29) is 12.8 Å². The van der Waals surface area contributed by atoms with Gasteiger partial charge in [0.15, 0.2) is 0 Å². The number of benzene rings is 2. The predicted molar refractivity (Wildman–Crippen MR) is 106 cm³/mol. The molecule has 6 nitrogen and oxygen atoms in total. The van der Waals surface area contributed by atoms with Gasteiger partial charge in [-0.25, -0.2) is 4.79 Å². The van der Waals surface area contributed by atoms with Crippen molar-refractivity contribution in [3.8, 4) is 0 Å². The number of hydrogen-bond acceptors (Lipinski definition) is 4. The summed E-state index contributed by atoms with van der Waals surface area (Å²) in [5, 5.41) is 3.09. The van der Waals surface area contributed by atoms with E-state index in [1.165, 1.54) is 16.3 Å². The molecule has 27 heavy (non-hydrogen) atoms. The third-order valence-electron chi connectivity index (χ3n) is 4.32. The lowest BCUT2D eigenvalue weighted by molar-refractivity contribution is 0.0142. The summed E-state index contributed by atoms with van der Waals surface area (Å²) in [4.78, 5) is 26.4. The van der Waals surface area contributed by atoms with Crippen LogP contribution >= 0.6 is 0 Å². The quantitative estimate of drug-likeness (QED) is 0.644. The molecule has 140 valence electrons. The highest BCUT2D eigenvalue weighted by Gasteiger charge is 2.08. The first-order chi connectivity index (χ1) is 13.1. The van der Waals surface area contributed by atoms with Gasteiger partial charge in [-0.05, 0) is 24.5 Å². The lowest BCUT2D eigenvalue weighted by Gasteiger charge is -2.15. The topological polar surface area (TPSA) is 76.1 Å². The number of rotatable bonds is 8. The average Bonchev–Trinajstić information content (AvgIpc) is 2.70. The Morgan fingerprint density at radius 2 is 1.70 bits per heavy atom. The molecule has 1 unspecified atom stereocenters. The smallest absolute Gasteiger partial charge is 0.330 e. The Hall–Kier alpha value is -3.12. The number of aromatic nitrogens is 2. The zero-order chi connectivity index (χ0) is 19.1. The van der Waals surface area contributed by atoms with E-state index in [0.717, 1.165) is 12.0 Å². The highest BCUT2D eigenvalue weighted by atomic mass is 16.5. The molecule has 0 aliphatic rings. The Kier molecular flexibility index (Phi) is 6.22. The van der Waals surface area contributed by atoms with Crippen LogP contribution in [0, 0.1) is 0 Å². The summed E-state index contributed by atoms with van der Waals surface area (Å²) in [6.07, 6.45) is 2.12. The molecule has 0 aliphatic heterocycles. The Labute approximate surface area is 157 Å². The van der Waals surface area contributed by atoms with Gasteiger partial charge >= 0.3 is 5.69 Å². The number of anilines is 1. The Bertz CT molecular complexity index is 965. The van der Waals surface area contributed by atoms with Gasteiger partial charge in [0.05, 0.1) is 6.10 Å². The average molecular weight is 365 g/mol. The number of H-pyrrole nitrogens is 1. The maximum Gasteiger partial charge on any atom is 0.330 e. The molecule has 1 heterocycles. The van der Waals surface area contributed by atoms with Crippen molar-refractivity contribution in [3.05, 3.63) is 98.8 Å². The maximum absolute atomic E-state index is 12.0. The van der Waals surface area contributed by atoms with Gasteiger partial charge in [0.2, 0.25) is 0 Å². The van der Waals surface area contributed by atoms with Gasteiger partial charge in [0.25, 0.3) is 5.56 Å². The normalized spacial score (nSPS) is 11.9. The van der Waals surface area contributed by atoms with Gasteiger partial charge in [-0.2, -0.15) is 0 Å². The Balaban J connectivity index is 1.63. The van der Waals surface area contributed by atoms with Crippen LogP contribution < -0.4 is 16.6 Å². The largest absolute Gasteiger partial charge is 0.379 e. The van der Waals surface area contributed by atoms with E-state index in [1.54, 1.807) is 0 Å². The molecule has 0 saturated carbocycles. The lowest BCUT2D eigenvalue weighted by Crippen LogP contribution is -2.32. The SMILES string of the molecule is CC(OCn1cc(NCCc2ccccc2)c(=O)[nH]c1=O)c1ccccc1. The summed E-state index contributed by atoms with van der Waals surface area (Å²) >= 11 is 0. The molecule has 0 saturated heterocycles. The number of nitrogens with zero attached hydrogens (tertiary/aromatic N) is 1. The number of nitrogens with one attached hydrogen (secondary N) is 2. The van der Waals surface area contributed by atoms with Crippen LogP contribution in [0.2, 0.25) is 0 Å². The van der Waals surface area contributed by atoms with Crippen molar-refractivity contribution in [3.63, 3.8) is 0 Å². The third kappa shape index (κ3) is 5.18. The summed E-state index contributed by atoms with van der Waals surface area (Å²) < 4.78 is 7.13. The molecule has 1 aromatic heterocycles. The first-order valence-corrected chi connectivity index (χ1v) is 8.91. The summed E-state index contributed by atoms with van der Waals surface area (Å²) in [6, 6.07) is 19.8. The fourth-order valence-electron chi connectivity index (χ4n) is 2.73. The number of aromatic amines is 1. The van der Waals surface area contributed by atoms with Gasteiger partial charge in [0, 0.05) is 12.7 Å². The van der Waals surface area contributed by atoms with Crippen LogP contribution in [0.15, 0.2) is 76.4 Å². The van der Waals surface area contributed by atoms with E-state index in [2.05, 4.69) is 10.3 Å². The zero-order valence-electron chi connectivity index (χ0n) is 15.2. The van der Waals surface area contributed by atoms with Crippen LogP contribution in [0.1, 0.15) is 24.2 Å². The Morgan fingerprint density at radius 3 is 2.41 bits per heavy atom. The molecule has 0 aliphatic carbocycles. The molecule has 0 bridgehead atoms. The van der Waals surface area contributed by atoms with Crippen molar-refractivity contribution in [1.82, 2.24) is 9.55 Å². The monoisotopic (exact) mass is 365 g/mol. The first-order valence-electron chi connectivity index (χ1n) is 8.91. The van der Waals surface area contributed by atoms with Crippen molar-refractivity contribution in [2.45, 2.75) is 26.2 Å². The standard InChI is InChI=1S/C21H23N3O3/c1-16(18-10-6-3-7-11-18)27-15-24-14-19(20(25)23-21(24)26)22-13-12-17-8-4-2-5-9-17/h2-11,14,16,22H,12-13,15H2,1H3,(H,23,25,26). The van der Waals surface area contributed by atoms with E-state index >= 15 is 0 Å². The summed E-state index contributed by atoms with van der Waals surface area (Å²) in [6.45, 7) is 2.57. The summed E-state index contributed by atoms with van der Waals surface area (Å²) in [7, 11) is 0. The van der Waals surface area contributed by atoms with Crippen molar-refractivity contribution in [2.75, 3.05) is 11.9 Å². The van der Waals surface area contributed by atoms with Crippen molar-refractivity contribution < 1.29 is 4.74 Å². The first kappa shape index (κ1) is 18.7. The summed E-state index contributed by atoms with van der Waals surface area (Å²) in [5.74, 6) is 0. The van der Waals surface area contributed by atoms with Crippen molar-refractivity contribution in [1.29, 1.82) is 0 Å².